The Labute approximate surface area is 127 Å². The van der Waals surface area contributed by atoms with E-state index in [1.807, 2.05) is 0 Å². The number of carbonyl (C=O) groups excluding carboxylic acids is 2. The van der Waals surface area contributed by atoms with Crippen molar-refractivity contribution in [2.24, 2.45) is 0 Å². The van der Waals surface area contributed by atoms with Gasteiger partial charge < -0.3 is 14.5 Å². The number of ether oxygens (including phenoxy) is 2. The lowest BCUT2D eigenvalue weighted by Crippen LogP contribution is -2.14. The van der Waals surface area contributed by atoms with E-state index in [9.17, 15) is 14.0 Å². The summed E-state index contributed by atoms with van der Waals surface area (Å²) in [5, 5.41) is 0. The van der Waals surface area contributed by atoms with E-state index < -0.39 is 11.8 Å². The van der Waals surface area contributed by atoms with Gasteiger partial charge in [-0.3, -0.25) is 4.79 Å². The van der Waals surface area contributed by atoms with E-state index in [0.29, 0.717) is 16.8 Å². The maximum Gasteiger partial charge on any atom is 0.354 e. The molecule has 0 fully saturated rings. The fourth-order valence-electron chi connectivity index (χ4n) is 2.25. The number of esters is 1. The number of Topliss-reactive ketones (excluding diaryl/α,β-unsaturated/α-hetero) is 1. The molecule has 0 saturated heterocycles. The summed E-state index contributed by atoms with van der Waals surface area (Å²) in [5.41, 5.74) is 1.62. The Balaban J connectivity index is 2.18. The molecule has 1 N–H and O–H groups in total. The van der Waals surface area contributed by atoms with Gasteiger partial charge in [0.05, 0.1) is 7.11 Å². The lowest BCUT2D eigenvalue weighted by molar-refractivity contribution is 0.0594. The van der Waals surface area contributed by atoms with Gasteiger partial charge in [0.15, 0.2) is 18.2 Å². The highest BCUT2D eigenvalue weighted by atomic mass is 19.1. The predicted octanol–water partition coefficient (Wildman–Crippen LogP) is 2.82. The van der Waals surface area contributed by atoms with Gasteiger partial charge >= 0.3 is 5.97 Å². The van der Waals surface area contributed by atoms with Gasteiger partial charge in [-0.1, -0.05) is 12.1 Å². The highest BCUT2D eigenvalue weighted by Crippen LogP contribution is 2.21. The molecule has 0 bridgehead atoms. The molecule has 0 radical (unpaired) electrons. The standard InChI is InChI=1S/C16H16FNO4/c1-9-14(10(2)18-15(9)16(20)21-3)12(19)8-22-13-7-5-4-6-11(13)17/h4-7,18H,8H2,1-3H3. The molecule has 0 unspecified atom stereocenters. The maximum atomic E-state index is 13.5. The van der Waals surface area contributed by atoms with Crippen molar-refractivity contribution >= 4 is 11.8 Å². The van der Waals surface area contributed by atoms with Gasteiger partial charge in [-0.25, -0.2) is 9.18 Å². The average molecular weight is 305 g/mol. The highest BCUT2D eigenvalue weighted by molar-refractivity contribution is 6.03. The van der Waals surface area contributed by atoms with Crippen molar-refractivity contribution in [3.8, 4) is 5.75 Å². The summed E-state index contributed by atoms with van der Waals surface area (Å²) in [4.78, 5) is 26.7. The average Bonchev–Trinajstić information content (AvgIpc) is 2.80. The Morgan fingerprint density at radius 1 is 1.23 bits per heavy atom. The number of carbonyl (C=O) groups is 2. The van der Waals surface area contributed by atoms with E-state index in [1.165, 1.54) is 25.3 Å². The number of hydrogen-bond acceptors (Lipinski definition) is 4. The van der Waals surface area contributed by atoms with Crippen LogP contribution in [-0.4, -0.2) is 30.5 Å². The molecule has 5 nitrogen and oxygen atoms in total. The van der Waals surface area contributed by atoms with Crippen LogP contribution in [-0.2, 0) is 4.74 Å². The van der Waals surface area contributed by atoms with Gasteiger partial charge in [0.2, 0.25) is 5.78 Å². The molecule has 6 heteroatoms. The summed E-state index contributed by atoms with van der Waals surface area (Å²) in [7, 11) is 1.26. The van der Waals surface area contributed by atoms with Crippen molar-refractivity contribution in [3.63, 3.8) is 0 Å². The molecule has 0 aliphatic heterocycles. The van der Waals surface area contributed by atoms with E-state index in [1.54, 1.807) is 19.9 Å². The summed E-state index contributed by atoms with van der Waals surface area (Å²) in [6.07, 6.45) is 0. The molecule has 0 saturated carbocycles. The molecule has 22 heavy (non-hydrogen) atoms. The van der Waals surface area contributed by atoms with E-state index >= 15 is 0 Å². The quantitative estimate of drug-likeness (QED) is 0.681. The van der Waals surface area contributed by atoms with Crippen molar-refractivity contribution < 1.29 is 23.5 Å². The highest BCUT2D eigenvalue weighted by Gasteiger charge is 2.22. The Kier molecular flexibility index (Phi) is 4.60. The molecule has 0 amide bonds. The Morgan fingerprint density at radius 3 is 2.55 bits per heavy atom. The number of hydrogen-bond donors (Lipinski definition) is 1. The van der Waals surface area contributed by atoms with E-state index in [4.69, 9.17) is 4.74 Å². The van der Waals surface area contributed by atoms with Crippen molar-refractivity contribution in [1.29, 1.82) is 0 Å². The molecule has 1 heterocycles. The summed E-state index contributed by atoms with van der Waals surface area (Å²) in [6, 6.07) is 5.85. The van der Waals surface area contributed by atoms with Crippen LogP contribution in [0.4, 0.5) is 4.39 Å². The molecule has 0 aliphatic rings. The first kappa shape index (κ1) is 15.8. The van der Waals surface area contributed by atoms with Gasteiger partial charge in [-0.2, -0.15) is 0 Å². The first-order chi connectivity index (χ1) is 10.5. The Bertz CT molecular complexity index is 721. The number of aromatic amines is 1. The second-order valence-electron chi connectivity index (χ2n) is 4.76. The molecule has 2 aromatic rings. The Hall–Kier alpha value is -2.63. The van der Waals surface area contributed by atoms with Crippen LogP contribution in [0.5, 0.6) is 5.75 Å². The number of benzene rings is 1. The minimum atomic E-state index is -0.547. The van der Waals surface area contributed by atoms with E-state index in [2.05, 4.69) is 9.72 Å². The second-order valence-corrected chi connectivity index (χ2v) is 4.76. The zero-order valence-electron chi connectivity index (χ0n) is 12.5. The van der Waals surface area contributed by atoms with Crippen molar-refractivity contribution in [2.75, 3.05) is 13.7 Å². The molecule has 0 aliphatic carbocycles. The van der Waals surface area contributed by atoms with Gasteiger partial charge in [0.1, 0.15) is 5.69 Å². The van der Waals surface area contributed by atoms with Crippen LogP contribution in [0, 0.1) is 19.7 Å². The van der Waals surface area contributed by atoms with Crippen LogP contribution in [0.15, 0.2) is 24.3 Å². The molecule has 0 spiro atoms. The smallest absolute Gasteiger partial charge is 0.354 e. The van der Waals surface area contributed by atoms with Crippen LogP contribution in [0.3, 0.4) is 0 Å². The number of nitrogens with one attached hydrogen (secondary N) is 1. The van der Waals surface area contributed by atoms with Crippen LogP contribution in [0.25, 0.3) is 0 Å². The first-order valence-electron chi connectivity index (χ1n) is 6.63. The predicted molar refractivity (Wildman–Crippen MR) is 77.8 cm³/mol. The number of halogens is 1. The number of H-pyrrole nitrogens is 1. The lowest BCUT2D eigenvalue weighted by atomic mass is 10.1. The number of para-hydroxylation sites is 1. The van der Waals surface area contributed by atoms with Crippen molar-refractivity contribution in [1.82, 2.24) is 4.98 Å². The minimum absolute atomic E-state index is 0.00915. The van der Waals surface area contributed by atoms with E-state index in [0.717, 1.165) is 0 Å². The van der Waals surface area contributed by atoms with Gasteiger partial charge in [0, 0.05) is 11.3 Å². The van der Waals surface area contributed by atoms with Gasteiger partial charge in [0.25, 0.3) is 0 Å². The fraction of sp³-hybridized carbons (Fsp3) is 0.250. The topological polar surface area (TPSA) is 68.4 Å². The third kappa shape index (κ3) is 3.00. The zero-order valence-corrected chi connectivity index (χ0v) is 12.5. The molecule has 116 valence electrons. The normalized spacial score (nSPS) is 10.4. The number of rotatable bonds is 5. The molecule has 2 rings (SSSR count). The zero-order chi connectivity index (χ0) is 16.3. The minimum Gasteiger partial charge on any atom is -0.482 e. The lowest BCUT2D eigenvalue weighted by Gasteiger charge is -2.07. The molecular formula is C16H16FNO4. The summed E-state index contributed by atoms with van der Waals surface area (Å²) in [6.45, 7) is 3.00. The number of ketones is 1. The number of aromatic nitrogens is 1. The van der Waals surface area contributed by atoms with Crippen LogP contribution in [0.1, 0.15) is 32.1 Å². The largest absolute Gasteiger partial charge is 0.482 e. The third-order valence-corrected chi connectivity index (χ3v) is 3.30. The SMILES string of the molecule is COC(=O)c1[nH]c(C)c(C(=O)COc2ccccc2F)c1C. The van der Waals surface area contributed by atoms with Crippen LogP contribution < -0.4 is 4.74 Å². The molecular weight excluding hydrogens is 289 g/mol. The number of methoxy groups -OCH3 is 1. The van der Waals surface area contributed by atoms with Crippen LogP contribution >= 0.6 is 0 Å². The van der Waals surface area contributed by atoms with Crippen molar-refractivity contribution in [3.05, 3.63) is 52.6 Å². The van der Waals surface area contributed by atoms with Gasteiger partial charge in [-0.15, -0.1) is 0 Å². The monoisotopic (exact) mass is 305 g/mol. The van der Waals surface area contributed by atoms with Crippen molar-refractivity contribution in [2.45, 2.75) is 13.8 Å². The summed E-state index contributed by atoms with van der Waals surface area (Å²) < 4.78 is 23.3. The number of aryl methyl sites for hydroxylation is 1. The third-order valence-electron chi connectivity index (χ3n) is 3.30. The molecule has 1 aromatic carbocycles. The fourth-order valence-corrected chi connectivity index (χ4v) is 2.25. The first-order valence-corrected chi connectivity index (χ1v) is 6.63. The Morgan fingerprint density at radius 2 is 1.91 bits per heavy atom. The molecule has 0 atom stereocenters. The van der Waals surface area contributed by atoms with Crippen LogP contribution in [0.2, 0.25) is 0 Å². The summed E-state index contributed by atoms with van der Waals surface area (Å²) in [5.74, 6) is -1.41. The summed E-state index contributed by atoms with van der Waals surface area (Å²) >= 11 is 0. The molecule has 1 aromatic heterocycles. The second kappa shape index (κ2) is 6.43. The van der Waals surface area contributed by atoms with E-state index in [-0.39, 0.29) is 23.8 Å². The van der Waals surface area contributed by atoms with Gasteiger partial charge in [-0.05, 0) is 31.5 Å². The maximum absolute atomic E-state index is 13.5.